The van der Waals surface area contributed by atoms with Crippen molar-refractivity contribution in [2.75, 3.05) is 0 Å². The maximum atomic E-state index is 6.68. The fraction of sp³-hybridized carbons (Fsp3) is 0.400. The first-order chi connectivity index (χ1) is 10.1. The summed E-state index contributed by atoms with van der Waals surface area (Å²) in [7, 11) is 0. The average Bonchev–Trinajstić information content (AvgIpc) is 2.48. The van der Waals surface area contributed by atoms with Crippen molar-refractivity contribution in [3.63, 3.8) is 0 Å². The van der Waals surface area contributed by atoms with E-state index in [-0.39, 0.29) is 5.54 Å². The van der Waals surface area contributed by atoms with E-state index in [1.165, 1.54) is 29.5 Å². The molecule has 110 valence electrons. The van der Waals surface area contributed by atoms with E-state index < -0.39 is 0 Å². The molecule has 1 aliphatic carbocycles. The Balaban J connectivity index is 1.64. The highest BCUT2D eigenvalue weighted by Gasteiger charge is 2.32. The van der Waals surface area contributed by atoms with E-state index in [0.717, 1.165) is 19.3 Å². The molecule has 0 amide bonds. The average molecular weight is 279 g/mol. The minimum atomic E-state index is -0.0148. The van der Waals surface area contributed by atoms with Crippen molar-refractivity contribution in [1.82, 2.24) is 0 Å². The topological polar surface area (TPSA) is 26.0 Å². The van der Waals surface area contributed by atoms with Crippen LogP contribution in [0.5, 0.6) is 0 Å². The first kappa shape index (κ1) is 14.3. The van der Waals surface area contributed by atoms with E-state index in [0.29, 0.717) is 5.92 Å². The summed E-state index contributed by atoms with van der Waals surface area (Å²) in [5.74, 6) is 0.695. The third-order valence-corrected chi connectivity index (χ3v) is 4.89. The van der Waals surface area contributed by atoms with Gasteiger partial charge >= 0.3 is 0 Å². The van der Waals surface area contributed by atoms with Crippen LogP contribution in [0.4, 0.5) is 0 Å². The summed E-state index contributed by atoms with van der Waals surface area (Å²) < 4.78 is 0. The maximum Gasteiger partial charge on any atom is 0.0195 e. The van der Waals surface area contributed by atoms with Gasteiger partial charge in [-0.25, -0.2) is 0 Å². The van der Waals surface area contributed by atoms with Crippen LogP contribution in [-0.2, 0) is 6.42 Å². The van der Waals surface area contributed by atoms with Gasteiger partial charge in [0, 0.05) is 5.54 Å². The lowest BCUT2D eigenvalue weighted by Crippen LogP contribution is -2.45. The Hall–Kier alpha value is -1.60. The van der Waals surface area contributed by atoms with Crippen LogP contribution in [0.25, 0.3) is 0 Å². The van der Waals surface area contributed by atoms with E-state index in [4.69, 9.17) is 5.73 Å². The van der Waals surface area contributed by atoms with Gasteiger partial charge in [0.1, 0.15) is 0 Å². The molecule has 0 bridgehead atoms. The molecule has 0 saturated heterocycles. The fourth-order valence-corrected chi connectivity index (χ4v) is 3.66. The number of rotatable bonds is 3. The predicted octanol–water partition coefficient (Wildman–Crippen LogP) is 4.59. The fourth-order valence-electron chi connectivity index (χ4n) is 3.66. The van der Waals surface area contributed by atoms with Gasteiger partial charge in [-0.2, -0.15) is 0 Å². The Morgan fingerprint density at radius 1 is 1.00 bits per heavy atom. The third kappa shape index (κ3) is 3.54. The van der Waals surface area contributed by atoms with Gasteiger partial charge in [0.25, 0.3) is 0 Å². The number of hydrogen-bond acceptors (Lipinski definition) is 1. The number of nitrogens with two attached hydrogens (primary N) is 1. The molecule has 1 saturated carbocycles. The standard InChI is InChI=1S/C20H25N/c1-16-6-5-7-17(14-16)15-20(21)12-10-19(11-13-20)18-8-3-2-4-9-18/h2-9,14,19H,10-13,15,21H2,1H3. The van der Waals surface area contributed by atoms with Crippen LogP contribution in [0, 0.1) is 6.92 Å². The smallest absolute Gasteiger partial charge is 0.0195 e. The lowest BCUT2D eigenvalue weighted by molar-refractivity contribution is 0.271. The molecule has 0 aromatic heterocycles. The SMILES string of the molecule is Cc1cccc(CC2(N)CCC(c3ccccc3)CC2)c1. The van der Waals surface area contributed by atoms with Gasteiger partial charge in [-0.15, -0.1) is 0 Å². The Kier molecular flexibility index (Phi) is 4.12. The molecule has 2 N–H and O–H groups in total. The summed E-state index contributed by atoms with van der Waals surface area (Å²) in [6, 6.07) is 19.7. The highest BCUT2D eigenvalue weighted by atomic mass is 14.7. The zero-order chi connectivity index (χ0) is 14.7. The second-order valence-electron chi connectivity index (χ2n) is 6.71. The Morgan fingerprint density at radius 2 is 1.71 bits per heavy atom. The van der Waals surface area contributed by atoms with Crippen molar-refractivity contribution in [1.29, 1.82) is 0 Å². The summed E-state index contributed by atoms with van der Waals surface area (Å²) in [6.07, 6.45) is 5.69. The zero-order valence-electron chi connectivity index (χ0n) is 12.9. The Labute approximate surface area is 128 Å². The maximum absolute atomic E-state index is 6.68. The summed E-state index contributed by atoms with van der Waals surface area (Å²) in [5, 5.41) is 0. The largest absolute Gasteiger partial charge is 0.325 e. The number of hydrogen-bond donors (Lipinski definition) is 1. The molecule has 0 atom stereocenters. The molecular formula is C20H25N. The minimum Gasteiger partial charge on any atom is -0.325 e. The predicted molar refractivity (Wildman–Crippen MR) is 89.5 cm³/mol. The van der Waals surface area contributed by atoms with Gasteiger partial charge in [0.15, 0.2) is 0 Å². The Morgan fingerprint density at radius 3 is 2.38 bits per heavy atom. The van der Waals surface area contributed by atoms with Gasteiger partial charge in [-0.3, -0.25) is 0 Å². The lowest BCUT2D eigenvalue weighted by atomic mass is 9.72. The van der Waals surface area contributed by atoms with Crippen LogP contribution >= 0.6 is 0 Å². The quantitative estimate of drug-likeness (QED) is 0.873. The van der Waals surface area contributed by atoms with Crippen LogP contribution in [0.3, 0.4) is 0 Å². The number of aryl methyl sites for hydroxylation is 1. The van der Waals surface area contributed by atoms with Gasteiger partial charge in [-0.05, 0) is 56.1 Å². The second kappa shape index (κ2) is 6.03. The highest BCUT2D eigenvalue weighted by Crippen LogP contribution is 2.38. The van der Waals surface area contributed by atoms with Crippen LogP contribution < -0.4 is 5.73 Å². The van der Waals surface area contributed by atoms with Gasteiger partial charge in [0.2, 0.25) is 0 Å². The van der Waals surface area contributed by atoms with Gasteiger partial charge in [0.05, 0.1) is 0 Å². The molecule has 2 aromatic rings. The zero-order valence-corrected chi connectivity index (χ0v) is 12.9. The first-order valence-corrected chi connectivity index (χ1v) is 8.04. The number of benzene rings is 2. The molecule has 0 radical (unpaired) electrons. The van der Waals surface area contributed by atoms with Crippen molar-refractivity contribution in [3.8, 4) is 0 Å². The molecule has 1 fully saturated rings. The van der Waals surface area contributed by atoms with Crippen LogP contribution in [0.15, 0.2) is 54.6 Å². The summed E-state index contributed by atoms with van der Waals surface area (Å²) in [4.78, 5) is 0. The molecule has 0 aliphatic heterocycles. The summed E-state index contributed by atoms with van der Waals surface area (Å²) in [6.45, 7) is 2.15. The van der Waals surface area contributed by atoms with E-state index in [1.807, 2.05) is 0 Å². The molecule has 3 rings (SSSR count). The molecule has 0 unspecified atom stereocenters. The normalized spacial score (nSPS) is 25.7. The molecule has 1 aliphatic rings. The van der Waals surface area contributed by atoms with Crippen LogP contribution in [0.2, 0.25) is 0 Å². The Bertz CT molecular complexity index is 580. The van der Waals surface area contributed by atoms with E-state index >= 15 is 0 Å². The van der Waals surface area contributed by atoms with Crippen molar-refractivity contribution < 1.29 is 0 Å². The lowest BCUT2D eigenvalue weighted by Gasteiger charge is -2.37. The molecule has 0 spiro atoms. The van der Waals surface area contributed by atoms with Crippen molar-refractivity contribution in [2.45, 2.75) is 50.5 Å². The third-order valence-electron chi connectivity index (χ3n) is 4.89. The molecule has 0 heterocycles. The van der Waals surface area contributed by atoms with Crippen molar-refractivity contribution in [3.05, 3.63) is 71.3 Å². The monoisotopic (exact) mass is 279 g/mol. The van der Waals surface area contributed by atoms with E-state index in [9.17, 15) is 0 Å². The molecule has 1 nitrogen and oxygen atoms in total. The summed E-state index contributed by atoms with van der Waals surface area (Å²) in [5.41, 5.74) is 10.9. The van der Waals surface area contributed by atoms with Gasteiger partial charge < -0.3 is 5.73 Å². The van der Waals surface area contributed by atoms with E-state index in [1.54, 1.807) is 0 Å². The molecule has 1 heteroatoms. The van der Waals surface area contributed by atoms with Crippen molar-refractivity contribution >= 4 is 0 Å². The second-order valence-corrected chi connectivity index (χ2v) is 6.71. The molecule has 21 heavy (non-hydrogen) atoms. The molecule has 2 aromatic carbocycles. The summed E-state index contributed by atoms with van der Waals surface area (Å²) >= 11 is 0. The van der Waals surface area contributed by atoms with Crippen LogP contribution in [0.1, 0.15) is 48.3 Å². The van der Waals surface area contributed by atoms with Crippen LogP contribution in [-0.4, -0.2) is 5.54 Å². The van der Waals surface area contributed by atoms with Crippen molar-refractivity contribution in [2.24, 2.45) is 5.73 Å². The first-order valence-electron chi connectivity index (χ1n) is 8.04. The highest BCUT2D eigenvalue weighted by molar-refractivity contribution is 5.25. The van der Waals surface area contributed by atoms with Gasteiger partial charge in [-0.1, -0.05) is 60.2 Å². The van der Waals surface area contributed by atoms with E-state index in [2.05, 4.69) is 61.5 Å². The molecular weight excluding hydrogens is 254 g/mol. The minimum absolute atomic E-state index is 0.0148.